The fourth-order valence-electron chi connectivity index (χ4n) is 1.56. The lowest BCUT2D eigenvalue weighted by Crippen LogP contribution is -2.42. The van der Waals surface area contributed by atoms with Gasteiger partial charge in [-0.2, -0.15) is 10.5 Å². The van der Waals surface area contributed by atoms with Crippen molar-refractivity contribution < 1.29 is 9.18 Å². The molecule has 6 nitrogen and oxygen atoms in total. The second-order valence-electron chi connectivity index (χ2n) is 4.12. The van der Waals surface area contributed by atoms with Gasteiger partial charge in [0.05, 0.1) is 42.6 Å². The molecule has 20 heavy (non-hydrogen) atoms. The molecule has 1 unspecified atom stereocenters. The summed E-state index contributed by atoms with van der Waals surface area (Å²) in [6, 6.07) is 6.74. The van der Waals surface area contributed by atoms with Crippen LogP contribution in [0.5, 0.6) is 0 Å². The number of carbonyl (C=O) groups is 1. The second kappa shape index (κ2) is 7.07. The molecule has 1 amide bonds. The highest BCUT2D eigenvalue weighted by Gasteiger charge is 2.21. The second-order valence-corrected chi connectivity index (χ2v) is 4.12. The molecule has 1 rings (SSSR count). The third kappa shape index (κ3) is 3.94. The summed E-state index contributed by atoms with van der Waals surface area (Å²) in [5, 5.41) is 19.9. The Bertz CT molecular complexity index is 559. The minimum absolute atomic E-state index is 0.0406. The molecule has 1 atom stereocenters. The maximum absolute atomic E-state index is 12.9. The van der Waals surface area contributed by atoms with Crippen molar-refractivity contribution in [3.8, 4) is 12.1 Å². The number of rotatable bonds is 5. The summed E-state index contributed by atoms with van der Waals surface area (Å²) < 4.78 is 12.9. The number of amides is 1. The third-order valence-corrected chi connectivity index (χ3v) is 2.75. The molecule has 0 spiro atoms. The quantitative estimate of drug-likeness (QED) is 0.618. The molecule has 1 aromatic carbocycles. The molecule has 0 aliphatic carbocycles. The zero-order chi connectivity index (χ0) is 15.1. The fraction of sp³-hybridized carbons (Fsp3) is 0.308. The first-order valence-electron chi connectivity index (χ1n) is 5.83. The fourth-order valence-corrected chi connectivity index (χ4v) is 1.56. The van der Waals surface area contributed by atoms with E-state index in [0.29, 0.717) is 0 Å². The van der Waals surface area contributed by atoms with Gasteiger partial charge in [-0.25, -0.2) is 4.39 Å². The van der Waals surface area contributed by atoms with Gasteiger partial charge in [0.25, 0.3) is 0 Å². The highest BCUT2D eigenvalue weighted by atomic mass is 19.1. The number of nitrogens with zero attached hydrogens (tertiary/aromatic N) is 3. The number of benzene rings is 1. The van der Waals surface area contributed by atoms with E-state index in [-0.39, 0.29) is 24.5 Å². The van der Waals surface area contributed by atoms with Gasteiger partial charge in [-0.3, -0.25) is 9.69 Å². The van der Waals surface area contributed by atoms with Gasteiger partial charge in [-0.1, -0.05) is 0 Å². The van der Waals surface area contributed by atoms with Crippen molar-refractivity contribution in [2.45, 2.75) is 13.0 Å². The number of nitriles is 2. The van der Waals surface area contributed by atoms with E-state index in [1.54, 1.807) is 6.92 Å². The van der Waals surface area contributed by atoms with Crippen LogP contribution in [0.25, 0.3) is 0 Å². The van der Waals surface area contributed by atoms with E-state index in [2.05, 4.69) is 5.32 Å². The molecule has 0 aliphatic heterocycles. The summed E-state index contributed by atoms with van der Waals surface area (Å²) >= 11 is 0. The lowest BCUT2D eigenvalue weighted by atomic mass is 10.2. The van der Waals surface area contributed by atoms with Crippen molar-refractivity contribution in [2.75, 3.05) is 24.1 Å². The summed E-state index contributed by atoms with van der Waals surface area (Å²) in [5.41, 5.74) is 5.99. The first-order valence-corrected chi connectivity index (χ1v) is 5.83. The van der Waals surface area contributed by atoms with Gasteiger partial charge in [0.2, 0.25) is 5.91 Å². The molecular formula is C13H14FN5O. The van der Waals surface area contributed by atoms with E-state index in [9.17, 15) is 9.18 Å². The topological polar surface area (TPSA) is 106 Å². The predicted octanol–water partition coefficient (Wildman–Crippen LogP) is 1.08. The van der Waals surface area contributed by atoms with E-state index in [1.165, 1.54) is 17.0 Å². The highest BCUT2D eigenvalue weighted by molar-refractivity contribution is 5.97. The predicted molar refractivity (Wildman–Crippen MR) is 71.7 cm³/mol. The maximum Gasteiger partial charge on any atom is 0.241 e. The lowest BCUT2D eigenvalue weighted by Gasteiger charge is -2.23. The molecule has 0 fully saturated rings. The summed E-state index contributed by atoms with van der Waals surface area (Å²) in [6.45, 7) is 1.49. The van der Waals surface area contributed by atoms with Crippen LogP contribution in [0.3, 0.4) is 0 Å². The average Bonchev–Trinajstić information content (AvgIpc) is 2.40. The zero-order valence-corrected chi connectivity index (χ0v) is 10.9. The number of carbonyl (C=O) groups excluding carboxylic acids is 1. The molecule has 0 aromatic heterocycles. The molecule has 3 N–H and O–H groups in total. The Balaban J connectivity index is 2.79. The van der Waals surface area contributed by atoms with E-state index < -0.39 is 17.8 Å². The van der Waals surface area contributed by atoms with Gasteiger partial charge in [-0.05, 0) is 25.1 Å². The number of nitrogens with one attached hydrogen (secondary N) is 1. The first-order chi connectivity index (χ1) is 9.49. The zero-order valence-electron chi connectivity index (χ0n) is 10.9. The Hall–Kier alpha value is -2.64. The molecule has 0 bridgehead atoms. The SMILES string of the molecule is CC(C(=O)Nc1ccc(F)cc1N)N(CC#N)CC#N. The molecule has 104 valence electrons. The summed E-state index contributed by atoms with van der Waals surface area (Å²) in [4.78, 5) is 13.4. The molecule has 0 saturated heterocycles. The monoisotopic (exact) mass is 275 g/mol. The average molecular weight is 275 g/mol. The van der Waals surface area contributed by atoms with E-state index in [0.717, 1.165) is 6.07 Å². The van der Waals surface area contributed by atoms with Crippen LogP contribution in [0.4, 0.5) is 15.8 Å². The normalized spacial score (nSPS) is 11.4. The Morgan fingerprint density at radius 2 is 2.05 bits per heavy atom. The van der Waals surface area contributed by atoms with E-state index in [1.807, 2.05) is 12.1 Å². The van der Waals surface area contributed by atoms with Crippen molar-refractivity contribution in [2.24, 2.45) is 0 Å². The van der Waals surface area contributed by atoms with Crippen LogP contribution in [-0.4, -0.2) is 29.9 Å². The largest absolute Gasteiger partial charge is 0.397 e. The number of nitrogen functional groups attached to an aromatic ring is 1. The van der Waals surface area contributed by atoms with Gasteiger partial charge in [0.1, 0.15) is 5.82 Å². The van der Waals surface area contributed by atoms with Crippen LogP contribution in [0.1, 0.15) is 6.92 Å². The van der Waals surface area contributed by atoms with Crippen molar-refractivity contribution in [1.82, 2.24) is 4.90 Å². The number of hydrogen-bond acceptors (Lipinski definition) is 5. The number of hydrogen-bond donors (Lipinski definition) is 2. The van der Waals surface area contributed by atoms with Crippen LogP contribution in [-0.2, 0) is 4.79 Å². The molecule has 0 saturated carbocycles. The van der Waals surface area contributed by atoms with E-state index >= 15 is 0 Å². The molecule has 7 heteroatoms. The van der Waals surface area contributed by atoms with Crippen LogP contribution >= 0.6 is 0 Å². The van der Waals surface area contributed by atoms with Crippen molar-refractivity contribution in [3.63, 3.8) is 0 Å². The van der Waals surface area contributed by atoms with E-state index in [4.69, 9.17) is 16.3 Å². The van der Waals surface area contributed by atoms with Gasteiger partial charge in [0.15, 0.2) is 0 Å². The van der Waals surface area contributed by atoms with Crippen LogP contribution in [0.15, 0.2) is 18.2 Å². The molecule has 1 aromatic rings. The van der Waals surface area contributed by atoms with Crippen molar-refractivity contribution >= 4 is 17.3 Å². The van der Waals surface area contributed by atoms with Gasteiger partial charge < -0.3 is 11.1 Å². The summed E-state index contributed by atoms with van der Waals surface area (Å²) in [6.07, 6.45) is 0. The van der Waals surface area contributed by atoms with Gasteiger partial charge >= 0.3 is 0 Å². The number of anilines is 2. The summed E-state index contributed by atoms with van der Waals surface area (Å²) in [5.74, 6) is -0.919. The lowest BCUT2D eigenvalue weighted by molar-refractivity contribution is -0.120. The first kappa shape index (κ1) is 15.4. The Labute approximate surface area is 116 Å². The Kier molecular flexibility index (Phi) is 5.45. The minimum Gasteiger partial charge on any atom is -0.397 e. The minimum atomic E-state index is -0.682. The molecular weight excluding hydrogens is 261 g/mol. The van der Waals surface area contributed by atoms with Crippen LogP contribution < -0.4 is 11.1 Å². The van der Waals surface area contributed by atoms with Crippen molar-refractivity contribution in [1.29, 1.82) is 10.5 Å². The van der Waals surface area contributed by atoms with Crippen LogP contribution in [0, 0.1) is 28.5 Å². The standard InChI is InChI=1S/C13H14FN5O/c1-9(19(6-4-15)7-5-16)13(20)18-12-3-2-10(14)8-11(12)17/h2-3,8-9H,6-7,17H2,1H3,(H,18,20). The van der Waals surface area contributed by atoms with Gasteiger partial charge in [-0.15, -0.1) is 0 Å². The number of nitrogens with two attached hydrogens (primary N) is 1. The smallest absolute Gasteiger partial charge is 0.241 e. The Morgan fingerprint density at radius 1 is 1.45 bits per heavy atom. The van der Waals surface area contributed by atoms with Crippen LogP contribution in [0.2, 0.25) is 0 Å². The molecule has 0 heterocycles. The highest BCUT2D eigenvalue weighted by Crippen LogP contribution is 2.19. The maximum atomic E-state index is 12.9. The Morgan fingerprint density at radius 3 is 2.55 bits per heavy atom. The molecule has 0 aliphatic rings. The van der Waals surface area contributed by atoms with Crippen molar-refractivity contribution in [3.05, 3.63) is 24.0 Å². The third-order valence-electron chi connectivity index (χ3n) is 2.75. The molecule has 0 radical (unpaired) electrons. The number of halogens is 1. The summed E-state index contributed by atoms with van der Waals surface area (Å²) in [7, 11) is 0. The van der Waals surface area contributed by atoms with Gasteiger partial charge in [0, 0.05) is 0 Å².